The third-order valence-electron chi connectivity index (χ3n) is 3.82. The van der Waals surface area contributed by atoms with Gasteiger partial charge in [-0.2, -0.15) is 0 Å². The number of aromatic nitrogens is 2. The van der Waals surface area contributed by atoms with E-state index in [0.717, 1.165) is 24.3 Å². The highest BCUT2D eigenvalue weighted by molar-refractivity contribution is 5.92. The van der Waals surface area contributed by atoms with Gasteiger partial charge in [0.05, 0.1) is 0 Å². The predicted molar refractivity (Wildman–Crippen MR) is 93.7 cm³/mol. The number of nitrogens with one attached hydrogen (secondary N) is 2. The lowest BCUT2D eigenvalue weighted by Gasteiger charge is -2.09. The van der Waals surface area contributed by atoms with Crippen molar-refractivity contribution in [2.75, 3.05) is 18.7 Å². The summed E-state index contributed by atoms with van der Waals surface area (Å²) in [7, 11) is 0. The van der Waals surface area contributed by atoms with Crippen molar-refractivity contribution in [3.63, 3.8) is 0 Å². The van der Waals surface area contributed by atoms with Crippen molar-refractivity contribution in [1.82, 2.24) is 15.3 Å². The molecular weight excluding hydrogens is 320 g/mol. The van der Waals surface area contributed by atoms with E-state index in [4.69, 9.17) is 9.47 Å². The second-order valence-electron chi connectivity index (χ2n) is 6.27. The average molecular weight is 342 g/mol. The summed E-state index contributed by atoms with van der Waals surface area (Å²) in [4.78, 5) is 20.5. The topological polar surface area (TPSA) is 85.4 Å². The molecule has 2 heterocycles. The average Bonchev–Trinajstić information content (AvgIpc) is 3.07. The van der Waals surface area contributed by atoms with E-state index in [0.29, 0.717) is 29.7 Å². The minimum Gasteiger partial charge on any atom is -0.454 e. The van der Waals surface area contributed by atoms with Crippen LogP contribution in [0.25, 0.3) is 0 Å². The maximum absolute atomic E-state index is 12.3. The lowest BCUT2D eigenvalue weighted by atomic mass is 10.1. The van der Waals surface area contributed by atoms with Crippen molar-refractivity contribution < 1.29 is 14.3 Å². The van der Waals surface area contributed by atoms with Crippen LogP contribution >= 0.6 is 0 Å². The number of nitrogens with zero attached hydrogens (tertiary/aromatic N) is 2. The number of carbonyl (C=O) groups excluding carboxylic acids is 1. The number of benzene rings is 1. The fourth-order valence-electron chi connectivity index (χ4n) is 2.39. The summed E-state index contributed by atoms with van der Waals surface area (Å²) in [5.41, 5.74) is 1.27. The smallest absolute Gasteiger partial charge is 0.270 e. The Morgan fingerprint density at radius 2 is 2.04 bits per heavy atom. The van der Waals surface area contributed by atoms with Crippen LogP contribution in [0, 0.1) is 5.92 Å². The maximum atomic E-state index is 12.3. The SMILES string of the molecule is CC(C)CCNc1cc(C(=O)NCc2ccc3c(c2)OCO3)ncn1. The van der Waals surface area contributed by atoms with E-state index in [2.05, 4.69) is 34.4 Å². The van der Waals surface area contributed by atoms with E-state index in [1.165, 1.54) is 6.33 Å². The molecular formula is C18H22N4O3. The minimum atomic E-state index is -0.244. The normalized spacial score (nSPS) is 12.3. The van der Waals surface area contributed by atoms with Gasteiger partial charge >= 0.3 is 0 Å². The van der Waals surface area contributed by atoms with Gasteiger partial charge in [0.15, 0.2) is 11.5 Å². The van der Waals surface area contributed by atoms with Crippen LogP contribution in [0.3, 0.4) is 0 Å². The molecule has 0 unspecified atom stereocenters. The van der Waals surface area contributed by atoms with E-state index in [-0.39, 0.29) is 12.7 Å². The van der Waals surface area contributed by atoms with Crippen LogP contribution in [0.5, 0.6) is 11.5 Å². The number of ether oxygens (including phenoxy) is 2. The van der Waals surface area contributed by atoms with Crippen molar-refractivity contribution in [2.24, 2.45) is 5.92 Å². The molecule has 0 fully saturated rings. The number of rotatable bonds is 7. The first kappa shape index (κ1) is 17.0. The Hall–Kier alpha value is -2.83. The first-order valence-electron chi connectivity index (χ1n) is 8.34. The van der Waals surface area contributed by atoms with Crippen LogP contribution in [0.15, 0.2) is 30.6 Å². The van der Waals surface area contributed by atoms with Gasteiger partial charge in [0.1, 0.15) is 17.8 Å². The van der Waals surface area contributed by atoms with Gasteiger partial charge in [-0.15, -0.1) is 0 Å². The Balaban J connectivity index is 1.56. The monoisotopic (exact) mass is 342 g/mol. The van der Waals surface area contributed by atoms with Crippen LogP contribution in [0.4, 0.5) is 5.82 Å². The number of hydrogen-bond donors (Lipinski definition) is 2. The summed E-state index contributed by atoms with van der Waals surface area (Å²) in [6.07, 6.45) is 2.43. The van der Waals surface area contributed by atoms with Gasteiger partial charge in [-0.25, -0.2) is 9.97 Å². The molecule has 2 N–H and O–H groups in total. The lowest BCUT2D eigenvalue weighted by Crippen LogP contribution is -2.24. The molecule has 7 nitrogen and oxygen atoms in total. The lowest BCUT2D eigenvalue weighted by molar-refractivity contribution is 0.0945. The number of hydrogen-bond acceptors (Lipinski definition) is 6. The molecule has 7 heteroatoms. The molecule has 1 aliphatic heterocycles. The van der Waals surface area contributed by atoms with Crippen molar-refractivity contribution >= 4 is 11.7 Å². The molecule has 0 atom stereocenters. The fourth-order valence-corrected chi connectivity index (χ4v) is 2.39. The van der Waals surface area contributed by atoms with Gasteiger partial charge in [-0.1, -0.05) is 19.9 Å². The number of fused-ring (bicyclic) bond motifs is 1. The predicted octanol–water partition coefficient (Wildman–Crippen LogP) is 2.59. The third-order valence-corrected chi connectivity index (χ3v) is 3.82. The van der Waals surface area contributed by atoms with Crippen molar-refractivity contribution in [1.29, 1.82) is 0 Å². The zero-order chi connectivity index (χ0) is 17.6. The molecule has 1 aromatic heterocycles. The summed E-state index contributed by atoms with van der Waals surface area (Å²) >= 11 is 0. The van der Waals surface area contributed by atoms with Gasteiger partial charge in [0.25, 0.3) is 5.91 Å². The zero-order valence-electron chi connectivity index (χ0n) is 14.4. The van der Waals surface area contributed by atoms with Gasteiger partial charge < -0.3 is 20.1 Å². The van der Waals surface area contributed by atoms with Gasteiger partial charge in [0, 0.05) is 19.2 Å². The van der Waals surface area contributed by atoms with E-state index in [1.807, 2.05) is 18.2 Å². The Bertz CT molecular complexity index is 749. The molecule has 132 valence electrons. The molecule has 3 rings (SSSR count). The van der Waals surface area contributed by atoms with Gasteiger partial charge in [0.2, 0.25) is 6.79 Å². The molecule has 2 aromatic rings. The first-order valence-corrected chi connectivity index (χ1v) is 8.34. The number of amides is 1. The Morgan fingerprint density at radius 1 is 1.20 bits per heavy atom. The van der Waals surface area contributed by atoms with Crippen molar-refractivity contribution in [2.45, 2.75) is 26.8 Å². The second-order valence-corrected chi connectivity index (χ2v) is 6.27. The highest BCUT2D eigenvalue weighted by Crippen LogP contribution is 2.32. The van der Waals surface area contributed by atoms with E-state index in [1.54, 1.807) is 6.07 Å². The second kappa shape index (κ2) is 7.83. The fraction of sp³-hybridized carbons (Fsp3) is 0.389. The quantitative estimate of drug-likeness (QED) is 0.804. The highest BCUT2D eigenvalue weighted by Gasteiger charge is 2.14. The Labute approximate surface area is 146 Å². The molecule has 25 heavy (non-hydrogen) atoms. The molecule has 1 aliphatic rings. The summed E-state index contributed by atoms with van der Waals surface area (Å²) < 4.78 is 10.6. The zero-order valence-corrected chi connectivity index (χ0v) is 14.4. The molecule has 0 aliphatic carbocycles. The minimum absolute atomic E-state index is 0.235. The van der Waals surface area contributed by atoms with Crippen LogP contribution in [0.2, 0.25) is 0 Å². The Morgan fingerprint density at radius 3 is 2.88 bits per heavy atom. The van der Waals surface area contributed by atoms with Crippen molar-refractivity contribution in [3.05, 3.63) is 41.9 Å². The summed E-state index contributed by atoms with van der Waals surface area (Å²) in [5.74, 6) is 2.45. The summed E-state index contributed by atoms with van der Waals surface area (Å²) in [5, 5.41) is 6.07. The van der Waals surface area contributed by atoms with E-state index in [9.17, 15) is 4.79 Å². The largest absolute Gasteiger partial charge is 0.454 e. The van der Waals surface area contributed by atoms with Crippen LogP contribution in [-0.2, 0) is 6.54 Å². The Kier molecular flexibility index (Phi) is 5.33. The van der Waals surface area contributed by atoms with Crippen LogP contribution in [0.1, 0.15) is 36.3 Å². The highest BCUT2D eigenvalue weighted by atomic mass is 16.7. The molecule has 0 spiro atoms. The van der Waals surface area contributed by atoms with Crippen molar-refractivity contribution in [3.8, 4) is 11.5 Å². The molecule has 0 saturated carbocycles. The molecule has 1 amide bonds. The van der Waals surface area contributed by atoms with E-state index >= 15 is 0 Å². The molecule has 0 radical (unpaired) electrons. The number of carbonyl (C=O) groups is 1. The van der Waals surface area contributed by atoms with Gasteiger partial charge in [-0.05, 0) is 30.0 Å². The van der Waals surface area contributed by atoms with E-state index < -0.39 is 0 Å². The maximum Gasteiger partial charge on any atom is 0.270 e. The summed E-state index contributed by atoms with van der Waals surface area (Å²) in [6, 6.07) is 7.26. The van der Waals surface area contributed by atoms with Crippen LogP contribution in [-0.4, -0.2) is 29.2 Å². The molecule has 0 saturated heterocycles. The van der Waals surface area contributed by atoms with Crippen LogP contribution < -0.4 is 20.1 Å². The summed E-state index contributed by atoms with van der Waals surface area (Å²) in [6.45, 7) is 5.76. The standard InChI is InChI=1S/C18H22N4O3/c1-12(2)5-6-19-17-8-14(21-10-22-17)18(23)20-9-13-3-4-15-16(7-13)25-11-24-15/h3-4,7-8,10,12H,5-6,9,11H2,1-2H3,(H,20,23)(H,19,21,22). The first-order chi connectivity index (χ1) is 12.1. The molecule has 1 aromatic carbocycles. The third kappa shape index (κ3) is 4.59. The van der Waals surface area contributed by atoms with Gasteiger partial charge in [-0.3, -0.25) is 4.79 Å². The number of anilines is 1. The molecule has 0 bridgehead atoms.